The molecule has 0 radical (unpaired) electrons. The van der Waals surface area contributed by atoms with Gasteiger partial charge in [-0.1, -0.05) is 48.5 Å². The number of aromatic carboxylic acids is 1. The number of hydrogen-bond acceptors (Lipinski definition) is 6. The van der Waals surface area contributed by atoms with Gasteiger partial charge in [-0.05, 0) is 73.8 Å². The average molecular weight is 573 g/mol. The number of rotatable bonds is 6. The molecule has 1 aliphatic heterocycles. The maximum Gasteiger partial charge on any atom is 0.410 e. The number of nitrogens with zero attached hydrogens (tertiary/aromatic N) is 3. The highest BCUT2D eigenvalue weighted by Gasteiger charge is 2.59. The maximum atomic E-state index is 13.8. The Labute approximate surface area is 244 Å². The molecule has 1 saturated carbocycles. The van der Waals surface area contributed by atoms with Crippen molar-refractivity contribution < 1.29 is 29.0 Å². The molecule has 6 rings (SSSR count). The van der Waals surface area contributed by atoms with Crippen LogP contribution in [0.1, 0.15) is 73.3 Å². The smallest absolute Gasteiger partial charge is 0.410 e. The largest absolute Gasteiger partial charge is 0.476 e. The number of nitrogens with one attached hydrogen (secondary N) is 1. The number of carboxylic acid groups (broad SMARTS) is 1. The van der Waals surface area contributed by atoms with Gasteiger partial charge in [0.1, 0.15) is 12.2 Å². The Balaban J connectivity index is 1.18. The number of fused-ring (bicyclic) bond motifs is 3. The van der Waals surface area contributed by atoms with Crippen LogP contribution in [0.15, 0.2) is 54.6 Å². The van der Waals surface area contributed by atoms with Gasteiger partial charge >= 0.3 is 18.2 Å². The number of amides is 2. The van der Waals surface area contributed by atoms with E-state index in [1.165, 1.54) is 6.07 Å². The molecular formula is C32H36N4O6. The zero-order chi connectivity index (χ0) is 29.6. The summed E-state index contributed by atoms with van der Waals surface area (Å²) in [6, 6.07) is 17.7. The number of carboxylic acids is 1. The molecule has 2 heterocycles. The number of benzene rings is 2. The van der Waals surface area contributed by atoms with Crippen molar-refractivity contribution in [2.24, 2.45) is 5.41 Å². The minimum absolute atomic E-state index is 0.0702. The SMILES string of the molecule is CC(C)(C)OC(=O)N1CCC2(CC1)CC2N(Cc1cc(C(=O)O)n[nH]1)C(=O)OCC1c2ccccc2-c2ccccc21. The van der Waals surface area contributed by atoms with E-state index in [9.17, 15) is 19.5 Å². The van der Waals surface area contributed by atoms with Gasteiger partial charge in [0, 0.05) is 25.0 Å². The molecule has 1 atom stereocenters. The van der Waals surface area contributed by atoms with Crippen LogP contribution < -0.4 is 0 Å². The third kappa shape index (κ3) is 5.33. The second kappa shape index (κ2) is 10.5. The van der Waals surface area contributed by atoms with Crippen molar-refractivity contribution in [1.82, 2.24) is 20.0 Å². The van der Waals surface area contributed by atoms with E-state index in [1.54, 1.807) is 9.80 Å². The minimum Gasteiger partial charge on any atom is -0.476 e. The Morgan fingerprint density at radius 3 is 2.24 bits per heavy atom. The van der Waals surface area contributed by atoms with Gasteiger partial charge in [-0.25, -0.2) is 14.4 Å². The number of aromatic nitrogens is 2. The number of hydrogen-bond donors (Lipinski definition) is 2. The van der Waals surface area contributed by atoms with Crippen LogP contribution in [0.5, 0.6) is 0 Å². The normalized spacial score (nSPS) is 18.7. The molecule has 1 saturated heterocycles. The van der Waals surface area contributed by atoms with E-state index in [0.717, 1.165) is 41.5 Å². The molecule has 2 aromatic carbocycles. The predicted octanol–water partition coefficient (Wildman–Crippen LogP) is 5.65. The summed E-state index contributed by atoms with van der Waals surface area (Å²) in [5.74, 6) is -1.21. The van der Waals surface area contributed by atoms with Crippen LogP contribution in [0.3, 0.4) is 0 Å². The van der Waals surface area contributed by atoms with Gasteiger partial charge in [0.05, 0.1) is 12.2 Å². The van der Waals surface area contributed by atoms with E-state index >= 15 is 0 Å². The highest BCUT2D eigenvalue weighted by Crippen LogP contribution is 2.57. The van der Waals surface area contributed by atoms with Crippen molar-refractivity contribution in [1.29, 1.82) is 0 Å². The summed E-state index contributed by atoms with van der Waals surface area (Å²) in [4.78, 5) is 41.2. The van der Waals surface area contributed by atoms with E-state index in [0.29, 0.717) is 18.8 Å². The van der Waals surface area contributed by atoms with Crippen molar-refractivity contribution in [3.8, 4) is 11.1 Å². The maximum absolute atomic E-state index is 13.8. The van der Waals surface area contributed by atoms with Gasteiger partial charge in [-0.2, -0.15) is 5.10 Å². The minimum atomic E-state index is -1.14. The summed E-state index contributed by atoms with van der Waals surface area (Å²) < 4.78 is 11.6. The van der Waals surface area contributed by atoms with Gasteiger partial charge in [-0.15, -0.1) is 0 Å². The molecule has 1 spiro atoms. The summed E-state index contributed by atoms with van der Waals surface area (Å²) in [5, 5.41) is 16.0. The summed E-state index contributed by atoms with van der Waals surface area (Å²) in [6.07, 6.45) is 1.52. The van der Waals surface area contributed by atoms with E-state index < -0.39 is 17.7 Å². The lowest BCUT2D eigenvalue weighted by Gasteiger charge is -2.35. The molecular weight excluding hydrogens is 536 g/mol. The van der Waals surface area contributed by atoms with Crippen LogP contribution in [0.25, 0.3) is 11.1 Å². The van der Waals surface area contributed by atoms with E-state index in [1.807, 2.05) is 45.0 Å². The van der Waals surface area contributed by atoms with Crippen LogP contribution >= 0.6 is 0 Å². The average Bonchev–Trinajstić information content (AvgIpc) is 3.29. The molecule has 42 heavy (non-hydrogen) atoms. The Hall–Kier alpha value is -4.34. The zero-order valence-electron chi connectivity index (χ0n) is 24.1. The van der Waals surface area contributed by atoms with Gasteiger partial charge in [0.15, 0.2) is 5.69 Å². The van der Waals surface area contributed by atoms with Gasteiger partial charge in [0.25, 0.3) is 0 Å². The first kappa shape index (κ1) is 27.8. The lowest BCUT2D eigenvalue weighted by molar-refractivity contribution is 0.0151. The topological polar surface area (TPSA) is 125 Å². The number of carbonyl (C=O) groups excluding carboxylic acids is 2. The van der Waals surface area contributed by atoms with Crippen molar-refractivity contribution in [2.45, 2.75) is 64.1 Å². The number of H-pyrrole nitrogens is 1. The third-order valence-corrected chi connectivity index (χ3v) is 8.70. The summed E-state index contributed by atoms with van der Waals surface area (Å²) in [7, 11) is 0. The second-order valence-electron chi connectivity index (χ2n) is 12.6. The van der Waals surface area contributed by atoms with Crippen LogP contribution in [0.2, 0.25) is 0 Å². The van der Waals surface area contributed by atoms with Crippen LogP contribution in [0, 0.1) is 5.41 Å². The molecule has 2 fully saturated rings. The number of aromatic amines is 1. The molecule has 0 bridgehead atoms. The first-order valence-corrected chi connectivity index (χ1v) is 14.4. The molecule has 1 unspecified atom stereocenters. The quantitative estimate of drug-likeness (QED) is 0.391. The van der Waals surface area contributed by atoms with E-state index in [4.69, 9.17) is 9.47 Å². The number of ether oxygens (including phenoxy) is 2. The lowest BCUT2D eigenvalue weighted by Crippen LogP contribution is -2.44. The monoisotopic (exact) mass is 572 g/mol. The molecule has 10 heteroatoms. The fourth-order valence-electron chi connectivity index (χ4n) is 6.48. The van der Waals surface area contributed by atoms with Crippen molar-refractivity contribution in [2.75, 3.05) is 19.7 Å². The summed E-state index contributed by atoms with van der Waals surface area (Å²) >= 11 is 0. The summed E-state index contributed by atoms with van der Waals surface area (Å²) in [6.45, 7) is 7.01. The molecule has 3 aliphatic rings. The number of likely N-dealkylation sites (tertiary alicyclic amines) is 1. The van der Waals surface area contributed by atoms with Crippen LogP contribution in [-0.2, 0) is 16.0 Å². The van der Waals surface area contributed by atoms with E-state index in [2.05, 4.69) is 34.5 Å². The standard InChI is InChI=1S/C32H36N4O6/c1-31(2,3)42-29(39)35-14-12-32(13-15-35)17-27(32)36(18-20-16-26(28(37)38)34-33-20)30(40)41-19-25-23-10-6-4-8-21(23)22-9-5-7-11-24(22)25/h4-11,16,25,27H,12-15,17-19H2,1-3H3,(H,33,34)(H,37,38). The first-order valence-electron chi connectivity index (χ1n) is 14.4. The number of piperidine rings is 1. The molecule has 3 aromatic rings. The molecule has 2 amide bonds. The predicted molar refractivity (Wildman–Crippen MR) is 154 cm³/mol. The Bertz CT molecular complexity index is 1470. The molecule has 220 valence electrons. The first-order chi connectivity index (χ1) is 20.0. The zero-order valence-corrected chi connectivity index (χ0v) is 24.1. The fraction of sp³-hybridized carbons (Fsp3) is 0.438. The summed E-state index contributed by atoms with van der Waals surface area (Å²) in [5.41, 5.74) is 4.31. The molecule has 10 nitrogen and oxygen atoms in total. The van der Waals surface area contributed by atoms with Gasteiger partial charge < -0.3 is 19.5 Å². The Morgan fingerprint density at radius 2 is 1.67 bits per heavy atom. The number of carbonyl (C=O) groups is 3. The van der Waals surface area contributed by atoms with Gasteiger partial charge in [-0.3, -0.25) is 10.00 Å². The lowest BCUT2D eigenvalue weighted by atomic mass is 9.92. The van der Waals surface area contributed by atoms with Crippen LogP contribution in [-0.4, -0.2) is 74.6 Å². The third-order valence-electron chi connectivity index (χ3n) is 8.70. The van der Waals surface area contributed by atoms with Crippen LogP contribution in [0.4, 0.5) is 9.59 Å². The van der Waals surface area contributed by atoms with E-state index in [-0.39, 0.29) is 42.3 Å². The molecule has 2 N–H and O–H groups in total. The van der Waals surface area contributed by atoms with Gasteiger partial charge in [0.2, 0.25) is 0 Å². The highest BCUT2D eigenvalue weighted by atomic mass is 16.6. The van der Waals surface area contributed by atoms with Crippen molar-refractivity contribution in [3.05, 3.63) is 77.1 Å². The Morgan fingerprint density at radius 1 is 1.05 bits per heavy atom. The fourth-order valence-corrected chi connectivity index (χ4v) is 6.48. The van der Waals surface area contributed by atoms with Crippen molar-refractivity contribution in [3.63, 3.8) is 0 Å². The molecule has 1 aromatic heterocycles. The Kier molecular flexibility index (Phi) is 6.95. The molecule has 2 aliphatic carbocycles. The van der Waals surface area contributed by atoms with Crippen molar-refractivity contribution >= 4 is 18.2 Å². The second-order valence-corrected chi connectivity index (χ2v) is 12.6. The highest BCUT2D eigenvalue weighted by molar-refractivity contribution is 5.85.